The summed E-state index contributed by atoms with van der Waals surface area (Å²) in [6.07, 6.45) is -0.161. The maximum Gasteiger partial charge on any atom is 0.355 e. The highest BCUT2D eigenvalue weighted by molar-refractivity contribution is 6.07. The van der Waals surface area contributed by atoms with Crippen molar-refractivity contribution >= 4 is 22.7 Å². The van der Waals surface area contributed by atoms with Gasteiger partial charge in [-0.1, -0.05) is 30.3 Å². The van der Waals surface area contributed by atoms with Gasteiger partial charge in [0.05, 0.1) is 40.2 Å². The number of hydrogen-bond donors (Lipinski definition) is 0. The average Bonchev–Trinajstić information content (AvgIpc) is 3.01. The zero-order chi connectivity index (χ0) is 32.0. The Labute approximate surface area is 256 Å². The third-order valence-corrected chi connectivity index (χ3v) is 6.78. The van der Waals surface area contributed by atoms with E-state index in [0.717, 1.165) is 5.56 Å². The second-order valence-corrected chi connectivity index (χ2v) is 10.9. The second kappa shape index (κ2) is 13.5. The van der Waals surface area contributed by atoms with E-state index in [-0.39, 0.29) is 24.0 Å². The summed E-state index contributed by atoms with van der Waals surface area (Å²) >= 11 is 0. The van der Waals surface area contributed by atoms with E-state index in [1.54, 1.807) is 51.1 Å². The molecule has 44 heavy (non-hydrogen) atoms. The van der Waals surface area contributed by atoms with E-state index >= 15 is 0 Å². The van der Waals surface area contributed by atoms with E-state index in [1.807, 2.05) is 30.3 Å². The van der Waals surface area contributed by atoms with Crippen LogP contribution >= 0.6 is 0 Å². The number of carbonyl (C=O) groups is 2. The zero-order valence-electron chi connectivity index (χ0n) is 26.0. The van der Waals surface area contributed by atoms with Crippen LogP contribution in [0.1, 0.15) is 43.2 Å². The standard InChI is InChI=1S/C34H37NO9/c1-34(2,3)44-28(36)15-16-35-30(33(38)42-7)29(22-17-26(39-4)31(41-6)27(18-22)40-5)24-14-13-23(19-25(24)32(35)37)43-20-21-11-9-8-10-12-21/h8-14,17-19H,15-16,20H2,1-7H3. The highest BCUT2D eigenvalue weighted by atomic mass is 16.6. The SMILES string of the molecule is COC(=O)c1c(-c2cc(OC)c(OC)c(OC)c2)c2ccc(OCc3ccccc3)cc2c(=O)n1CCC(=O)OC(C)(C)C. The second-order valence-electron chi connectivity index (χ2n) is 10.9. The van der Waals surface area contributed by atoms with E-state index in [0.29, 0.717) is 46.1 Å². The van der Waals surface area contributed by atoms with Crippen molar-refractivity contribution in [3.8, 4) is 34.1 Å². The zero-order valence-corrected chi connectivity index (χ0v) is 26.0. The van der Waals surface area contributed by atoms with Gasteiger partial charge in [-0.15, -0.1) is 0 Å². The van der Waals surface area contributed by atoms with Crippen molar-refractivity contribution in [2.24, 2.45) is 0 Å². The van der Waals surface area contributed by atoms with E-state index in [4.69, 9.17) is 28.4 Å². The third kappa shape index (κ3) is 6.96. The van der Waals surface area contributed by atoms with Gasteiger partial charge in [-0.2, -0.15) is 0 Å². The van der Waals surface area contributed by atoms with Crippen LogP contribution in [0, 0.1) is 0 Å². The number of ether oxygens (including phenoxy) is 6. The lowest BCUT2D eigenvalue weighted by Gasteiger charge is -2.22. The van der Waals surface area contributed by atoms with Crippen LogP contribution in [0.5, 0.6) is 23.0 Å². The number of pyridine rings is 1. The van der Waals surface area contributed by atoms with E-state index < -0.39 is 23.1 Å². The number of esters is 2. The van der Waals surface area contributed by atoms with Crippen molar-refractivity contribution < 1.29 is 38.0 Å². The molecule has 0 aliphatic carbocycles. The Morgan fingerprint density at radius 1 is 0.818 bits per heavy atom. The molecule has 0 saturated heterocycles. The summed E-state index contributed by atoms with van der Waals surface area (Å²) in [6.45, 7) is 5.42. The number of aromatic nitrogens is 1. The fraction of sp³-hybridized carbons (Fsp3) is 0.324. The summed E-state index contributed by atoms with van der Waals surface area (Å²) in [5, 5.41) is 0.737. The predicted molar refractivity (Wildman–Crippen MR) is 166 cm³/mol. The highest BCUT2D eigenvalue weighted by Crippen LogP contribution is 2.43. The van der Waals surface area contributed by atoms with Crippen LogP contribution in [0.4, 0.5) is 0 Å². The van der Waals surface area contributed by atoms with Gasteiger partial charge in [0.25, 0.3) is 5.56 Å². The van der Waals surface area contributed by atoms with Crippen LogP contribution < -0.4 is 24.5 Å². The molecule has 4 rings (SSSR count). The minimum atomic E-state index is -0.763. The molecule has 0 aliphatic rings. The fourth-order valence-corrected chi connectivity index (χ4v) is 4.89. The number of methoxy groups -OCH3 is 4. The lowest BCUT2D eigenvalue weighted by Crippen LogP contribution is -2.30. The summed E-state index contributed by atoms with van der Waals surface area (Å²) in [4.78, 5) is 40.3. The molecular weight excluding hydrogens is 566 g/mol. The van der Waals surface area contributed by atoms with Crippen LogP contribution in [0.25, 0.3) is 21.9 Å². The van der Waals surface area contributed by atoms with Gasteiger partial charge in [-0.25, -0.2) is 4.79 Å². The first kappa shape index (κ1) is 31.9. The summed E-state index contributed by atoms with van der Waals surface area (Å²) in [7, 11) is 5.69. The molecule has 0 aliphatic heterocycles. The van der Waals surface area contributed by atoms with Crippen LogP contribution in [0.15, 0.2) is 65.5 Å². The number of benzene rings is 3. The van der Waals surface area contributed by atoms with Gasteiger partial charge in [0, 0.05) is 12.1 Å². The molecule has 0 unspecified atom stereocenters. The molecule has 0 N–H and O–H groups in total. The van der Waals surface area contributed by atoms with Gasteiger partial charge >= 0.3 is 11.9 Å². The Balaban J connectivity index is 1.98. The van der Waals surface area contributed by atoms with Crippen molar-refractivity contribution in [3.63, 3.8) is 0 Å². The first-order valence-electron chi connectivity index (χ1n) is 14.0. The minimum Gasteiger partial charge on any atom is -0.493 e. The maximum atomic E-state index is 14.1. The average molecular weight is 604 g/mol. The molecule has 0 bridgehead atoms. The first-order chi connectivity index (χ1) is 21.0. The van der Waals surface area contributed by atoms with Crippen molar-refractivity contribution in [2.45, 2.75) is 45.9 Å². The van der Waals surface area contributed by atoms with Crippen LogP contribution in [-0.2, 0) is 27.4 Å². The van der Waals surface area contributed by atoms with Crippen LogP contribution in [0.2, 0.25) is 0 Å². The van der Waals surface area contributed by atoms with Gasteiger partial charge in [0.2, 0.25) is 5.75 Å². The Bertz CT molecular complexity index is 1690. The molecule has 0 saturated carbocycles. The first-order valence-corrected chi connectivity index (χ1v) is 14.0. The monoisotopic (exact) mass is 603 g/mol. The Kier molecular flexibility index (Phi) is 9.83. The van der Waals surface area contributed by atoms with E-state index in [1.165, 1.54) is 33.0 Å². The van der Waals surface area contributed by atoms with Gasteiger partial charge < -0.3 is 33.0 Å². The summed E-state index contributed by atoms with van der Waals surface area (Å²) in [5.74, 6) is 0.229. The molecule has 3 aromatic carbocycles. The topological polar surface area (TPSA) is 112 Å². The summed E-state index contributed by atoms with van der Waals surface area (Å²) in [5.41, 5.74) is 0.578. The largest absolute Gasteiger partial charge is 0.493 e. The number of fused-ring (bicyclic) bond motifs is 1. The molecule has 0 spiro atoms. The van der Waals surface area contributed by atoms with Crippen molar-refractivity contribution in [1.82, 2.24) is 4.57 Å². The molecule has 0 fully saturated rings. The number of hydrogen-bond acceptors (Lipinski definition) is 9. The number of carbonyl (C=O) groups excluding carboxylic acids is 2. The molecule has 0 amide bonds. The van der Waals surface area contributed by atoms with Gasteiger partial charge in [0.1, 0.15) is 23.7 Å². The highest BCUT2D eigenvalue weighted by Gasteiger charge is 2.27. The Morgan fingerprint density at radius 3 is 2.05 bits per heavy atom. The van der Waals surface area contributed by atoms with Crippen LogP contribution in [-0.4, -0.2) is 50.5 Å². The molecule has 0 radical (unpaired) electrons. The molecular formula is C34H37NO9. The lowest BCUT2D eigenvalue weighted by molar-refractivity contribution is -0.155. The number of nitrogens with zero attached hydrogens (tertiary/aromatic N) is 1. The predicted octanol–water partition coefficient (Wildman–Crippen LogP) is 5.79. The van der Waals surface area contributed by atoms with Gasteiger partial charge in [-0.3, -0.25) is 9.59 Å². The van der Waals surface area contributed by atoms with Crippen molar-refractivity contribution in [3.05, 3.63) is 82.3 Å². The Morgan fingerprint density at radius 2 is 1.48 bits per heavy atom. The number of rotatable bonds is 11. The van der Waals surface area contributed by atoms with Gasteiger partial charge in [0.15, 0.2) is 11.5 Å². The molecule has 4 aromatic rings. The molecule has 10 heteroatoms. The molecule has 0 atom stereocenters. The molecule has 1 aromatic heterocycles. The summed E-state index contributed by atoms with van der Waals surface area (Å²) < 4.78 is 34.6. The Hall–Kier alpha value is -4.99. The lowest BCUT2D eigenvalue weighted by atomic mass is 9.95. The normalized spacial score (nSPS) is 11.2. The minimum absolute atomic E-state index is 0.0409. The smallest absolute Gasteiger partial charge is 0.355 e. The fourth-order valence-electron chi connectivity index (χ4n) is 4.89. The van der Waals surface area contributed by atoms with Crippen molar-refractivity contribution in [2.75, 3.05) is 28.4 Å². The van der Waals surface area contributed by atoms with E-state index in [2.05, 4.69) is 0 Å². The molecule has 10 nitrogen and oxygen atoms in total. The summed E-state index contributed by atoms with van der Waals surface area (Å²) in [6, 6.07) is 18.1. The van der Waals surface area contributed by atoms with Gasteiger partial charge in [-0.05, 0) is 67.6 Å². The van der Waals surface area contributed by atoms with Crippen LogP contribution in [0.3, 0.4) is 0 Å². The maximum absolute atomic E-state index is 14.1. The molecule has 1 heterocycles. The third-order valence-electron chi connectivity index (χ3n) is 6.78. The van der Waals surface area contributed by atoms with Crippen molar-refractivity contribution in [1.29, 1.82) is 0 Å². The van der Waals surface area contributed by atoms with E-state index in [9.17, 15) is 14.4 Å². The molecule has 232 valence electrons. The quantitative estimate of drug-likeness (QED) is 0.197.